The summed E-state index contributed by atoms with van der Waals surface area (Å²) in [5, 5.41) is 21.5. The van der Waals surface area contributed by atoms with E-state index in [1.165, 1.54) is 6.07 Å². The molecule has 0 aromatic heterocycles. The summed E-state index contributed by atoms with van der Waals surface area (Å²) in [4.78, 5) is 22.6. The number of fused-ring (bicyclic) bond motifs is 2. The molecular formula is C16H10KO4. The normalized spacial score (nSPS) is 10.3. The maximum Gasteiger partial charge on any atom is 0.337 e. The Kier molecular flexibility index (Phi) is 4.80. The summed E-state index contributed by atoms with van der Waals surface area (Å²) < 4.78 is 0. The Morgan fingerprint density at radius 3 is 1.95 bits per heavy atom. The molecule has 3 rings (SSSR count). The van der Waals surface area contributed by atoms with Crippen LogP contribution in [0.3, 0.4) is 0 Å². The molecular weight excluding hydrogens is 295 g/mol. The number of hydrogen-bond donors (Lipinski definition) is 2. The van der Waals surface area contributed by atoms with Crippen LogP contribution >= 0.6 is 0 Å². The third-order valence-corrected chi connectivity index (χ3v) is 3.33. The summed E-state index contributed by atoms with van der Waals surface area (Å²) in [6.07, 6.45) is 0. The summed E-state index contributed by atoms with van der Waals surface area (Å²) in [6, 6.07) is 14.1. The van der Waals surface area contributed by atoms with Gasteiger partial charge in [0.05, 0.1) is 11.1 Å². The molecule has 0 aliphatic heterocycles. The van der Waals surface area contributed by atoms with E-state index in [-0.39, 0.29) is 62.5 Å². The zero-order valence-electron chi connectivity index (χ0n) is 11.3. The van der Waals surface area contributed by atoms with E-state index in [1.54, 1.807) is 12.1 Å². The molecule has 0 saturated carbocycles. The average Bonchev–Trinajstić information content (AvgIpc) is 2.43. The number of hydrogen-bond acceptors (Lipinski definition) is 2. The fourth-order valence-corrected chi connectivity index (χ4v) is 2.42. The molecule has 4 nitrogen and oxygen atoms in total. The molecule has 0 amide bonds. The van der Waals surface area contributed by atoms with Crippen molar-refractivity contribution >= 4 is 84.9 Å². The van der Waals surface area contributed by atoms with Gasteiger partial charge in [0.25, 0.3) is 0 Å². The first-order valence-corrected chi connectivity index (χ1v) is 6.00. The smallest absolute Gasteiger partial charge is 0.337 e. The van der Waals surface area contributed by atoms with Gasteiger partial charge in [0, 0.05) is 51.4 Å². The summed E-state index contributed by atoms with van der Waals surface area (Å²) in [7, 11) is 0. The largest absolute Gasteiger partial charge is 0.478 e. The van der Waals surface area contributed by atoms with Crippen LogP contribution in [0.15, 0.2) is 48.5 Å². The van der Waals surface area contributed by atoms with Crippen LogP contribution in [-0.2, 0) is 0 Å². The molecule has 0 fully saturated rings. The van der Waals surface area contributed by atoms with Crippen LogP contribution in [0.25, 0.3) is 21.5 Å². The Balaban J connectivity index is 0.00000161. The Labute approximate surface area is 162 Å². The number of carboxylic acid groups (broad SMARTS) is 2. The second kappa shape index (κ2) is 6.25. The Hall–Kier alpha value is -1.24. The van der Waals surface area contributed by atoms with Gasteiger partial charge in [0.2, 0.25) is 0 Å². The van der Waals surface area contributed by atoms with Gasteiger partial charge < -0.3 is 10.2 Å². The van der Waals surface area contributed by atoms with Crippen LogP contribution in [0.4, 0.5) is 0 Å². The number of aromatic carboxylic acids is 2. The quantitative estimate of drug-likeness (QED) is 0.564. The van der Waals surface area contributed by atoms with Crippen LogP contribution in [0, 0.1) is 0 Å². The molecule has 5 heteroatoms. The van der Waals surface area contributed by atoms with Crippen LogP contribution < -0.4 is 0 Å². The summed E-state index contributed by atoms with van der Waals surface area (Å²) in [5.74, 6) is -2.47. The van der Waals surface area contributed by atoms with Crippen molar-refractivity contribution in [3.63, 3.8) is 0 Å². The van der Waals surface area contributed by atoms with Crippen LogP contribution in [0.2, 0.25) is 0 Å². The Morgan fingerprint density at radius 1 is 0.762 bits per heavy atom. The van der Waals surface area contributed by atoms with E-state index in [0.29, 0.717) is 10.8 Å². The van der Waals surface area contributed by atoms with Crippen LogP contribution in [0.1, 0.15) is 20.7 Å². The van der Waals surface area contributed by atoms with E-state index >= 15 is 0 Å². The van der Waals surface area contributed by atoms with Gasteiger partial charge in [0.1, 0.15) is 0 Å². The topological polar surface area (TPSA) is 74.6 Å². The van der Waals surface area contributed by atoms with Gasteiger partial charge in [-0.05, 0) is 39.7 Å². The van der Waals surface area contributed by atoms with Crippen molar-refractivity contribution in [3.8, 4) is 0 Å². The molecule has 3 aromatic carbocycles. The molecule has 0 spiro atoms. The van der Waals surface area contributed by atoms with Crippen LogP contribution in [0.5, 0.6) is 0 Å². The zero-order chi connectivity index (χ0) is 14.3. The average molecular weight is 305 g/mol. The predicted molar refractivity (Wildman–Crippen MR) is 81.1 cm³/mol. The maximum absolute atomic E-state index is 11.4. The molecule has 0 saturated heterocycles. The fourth-order valence-electron chi connectivity index (χ4n) is 2.42. The summed E-state index contributed by atoms with van der Waals surface area (Å²) >= 11 is 0. The monoisotopic (exact) mass is 305 g/mol. The van der Waals surface area contributed by atoms with Crippen molar-refractivity contribution in [1.82, 2.24) is 0 Å². The number of benzene rings is 3. The van der Waals surface area contributed by atoms with Crippen molar-refractivity contribution < 1.29 is 19.8 Å². The second-order valence-electron chi connectivity index (χ2n) is 4.52. The molecule has 99 valence electrons. The van der Waals surface area contributed by atoms with E-state index in [1.807, 2.05) is 30.3 Å². The van der Waals surface area contributed by atoms with Crippen molar-refractivity contribution in [2.45, 2.75) is 0 Å². The van der Waals surface area contributed by atoms with E-state index in [2.05, 4.69) is 0 Å². The first-order chi connectivity index (χ1) is 9.58. The number of rotatable bonds is 2. The minimum Gasteiger partial charge on any atom is -0.478 e. The van der Waals surface area contributed by atoms with Gasteiger partial charge in [-0.25, -0.2) is 9.59 Å². The first-order valence-electron chi connectivity index (χ1n) is 6.00. The molecule has 21 heavy (non-hydrogen) atoms. The zero-order valence-corrected chi connectivity index (χ0v) is 14.5. The van der Waals surface area contributed by atoms with Gasteiger partial charge >= 0.3 is 11.9 Å². The fraction of sp³-hybridized carbons (Fsp3) is 0. The van der Waals surface area contributed by atoms with Gasteiger partial charge in [0.15, 0.2) is 0 Å². The Bertz CT molecular complexity index is 871. The standard InChI is InChI=1S/C16H10O4.K/c17-15(18)12-6-5-11-7-9-3-1-2-4-10(9)8-13(11)14(12)16(19)20;/h1-8H,(H,17,18)(H,19,20);. The summed E-state index contributed by atoms with van der Waals surface area (Å²) in [6.45, 7) is 0. The van der Waals surface area contributed by atoms with Gasteiger partial charge in [-0.3, -0.25) is 0 Å². The van der Waals surface area contributed by atoms with Crippen molar-refractivity contribution in [1.29, 1.82) is 0 Å². The van der Waals surface area contributed by atoms with E-state index in [0.717, 1.165) is 10.8 Å². The molecule has 0 aliphatic carbocycles. The van der Waals surface area contributed by atoms with E-state index < -0.39 is 11.9 Å². The third-order valence-electron chi connectivity index (χ3n) is 3.33. The molecule has 2 N–H and O–H groups in total. The molecule has 3 aromatic rings. The molecule has 0 bridgehead atoms. The predicted octanol–water partition coefficient (Wildman–Crippen LogP) is 3.01. The van der Waals surface area contributed by atoms with E-state index in [9.17, 15) is 14.7 Å². The minimum atomic E-state index is -1.24. The molecule has 0 unspecified atom stereocenters. The van der Waals surface area contributed by atoms with Gasteiger partial charge in [-0.15, -0.1) is 0 Å². The Morgan fingerprint density at radius 2 is 1.38 bits per heavy atom. The van der Waals surface area contributed by atoms with E-state index in [4.69, 9.17) is 5.11 Å². The first kappa shape index (κ1) is 16.1. The van der Waals surface area contributed by atoms with Gasteiger partial charge in [-0.2, -0.15) is 0 Å². The molecule has 0 atom stereocenters. The molecule has 0 aliphatic rings. The number of carboxylic acids is 2. The third kappa shape index (κ3) is 2.88. The summed E-state index contributed by atoms with van der Waals surface area (Å²) in [5.41, 5.74) is -0.360. The molecule has 1 radical (unpaired) electrons. The van der Waals surface area contributed by atoms with Gasteiger partial charge in [-0.1, -0.05) is 30.3 Å². The van der Waals surface area contributed by atoms with Crippen molar-refractivity contribution in [2.24, 2.45) is 0 Å². The molecule has 0 heterocycles. The van der Waals surface area contributed by atoms with Crippen LogP contribution in [-0.4, -0.2) is 73.5 Å². The minimum absolute atomic E-state index is 0. The number of carbonyl (C=O) groups is 2. The SMILES string of the molecule is O=C(O)c1ccc2cc3ccccc3cc2c1C(=O)O.[K]. The second-order valence-corrected chi connectivity index (χ2v) is 4.52. The van der Waals surface area contributed by atoms with Crippen molar-refractivity contribution in [2.75, 3.05) is 0 Å². The van der Waals surface area contributed by atoms with Crippen molar-refractivity contribution in [3.05, 3.63) is 59.7 Å². The maximum atomic E-state index is 11.4.